The molecule has 1 fully saturated rings. The minimum absolute atomic E-state index is 0.122. The van der Waals surface area contributed by atoms with Gasteiger partial charge in [0.25, 0.3) is 5.91 Å². The van der Waals surface area contributed by atoms with Crippen molar-refractivity contribution < 1.29 is 14.3 Å². The molecule has 0 atom stereocenters. The van der Waals surface area contributed by atoms with Crippen LogP contribution in [0.2, 0.25) is 0 Å². The van der Waals surface area contributed by atoms with Crippen LogP contribution in [0, 0.1) is 5.92 Å². The highest BCUT2D eigenvalue weighted by Crippen LogP contribution is 2.28. The van der Waals surface area contributed by atoms with E-state index in [2.05, 4.69) is 26.6 Å². The fourth-order valence-electron chi connectivity index (χ4n) is 2.60. The number of benzene rings is 2. The number of anilines is 1. The van der Waals surface area contributed by atoms with Crippen molar-refractivity contribution in [3.05, 3.63) is 64.1 Å². The van der Waals surface area contributed by atoms with Crippen LogP contribution < -0.4 is 10.6 Å². The monoisotopic (exact) mass is 430 g/mol. The summed E-state index contributed by atoms with van der Waals surface area (Å²) in [5.41, 5.74) is 2.05. The van der Waals surface area contributed by atoms with Crippen molar-refractivity contribution in [1.82, 2.24) is 5.32 Å². The number of carbonyl (C=O) groups excluding carboxylic acids is 2. The molecule has 1 aliphatic carbocycles. The first-order valence-electron chi connectivity index (χ1n) is 9.10. The maximum Gasteiger partial charge on any atom is 0.251 e. The van der Waals surface area contributed by atoms with Gasteiger partial charge in [0, 0.05) is 28.9 Å². The number of rotatable bonds is 9. The van der Waals surface area contributed by atoms with Gasteiger partial charge in [-0.2, -0.15) is 0 Å². The molecule has 0 spiro atoms. The summed E-state index contributed by atoms with van der Waals surface area (Å²) in [5.74, 6) is 0.427. The molecule has 0 saturated heterocycles. The molecular weight excluding hydrogens is 408 g/mol. The Bertz CT molecular complexity index is 788. The lowest BCUT2D eigenvalue weighted by atomic mass is 10.1. The highest BCUT2D eigenvalue weighted by atomic mass is 79.9. The van der Waals surface area contributed by atoms with Gasteiger partial charge in [-0.05, 0) is 54.7 Å². The Kier molecular flexibility index (Phi) is 7.01. The van der Waals surface area contributed by atoms with Gasteiger partial charge in [-0.1, -0.05) is 34.1 Å². The average Bonchev–Trinajstić information content (AvgIpc) is 3.48. The summed E-state index contributed by atoms with van der Waals surface area (Å²) in [6.45, 7) is 1.79. The maximum absolute atomic E-state index is 12.2. The highest BCUT2D eigenvalue weighted by molar-refractivity contribution is 9.10. The highest BCUT2D eigenvalue weighted by Gasteiger charge is 2.20. The van der Waals surface area contributed by atoms with E-state index < -0.39 is 0 Å². The molecule has 2 amide bonds. The van der Waals surface area contributed by atoms with Crippen LogP contribution in [0.15, 0.2) is 53.0 Å². The Morgan fingerprint density at radius 1 is 1.11 bits per heavy atom. The molecule has 0 aliphatic heterocycles. The van der Waals surface area contributed by atoms with E-state index in [4.69, 9.17) is 4.74 Å². The van der Waals surface area contributed by atoms with Crippen molar-refractivity contribution >= 4 is 33.4 Å². The Morgan fingerprint density at radius 3 is 2.63 bits per heavy atom. The van der Waals surface area contributed by atoms with Gasteiger partial charge in [-0.25, -0.2) is 0 Å². The van der Waals surface area contributed by atoms with E-state index in [1.165, 1.54) is 12.8 Å². The molecule has 142 valence electrons. The number of hydrogen-bond donors (Lipinski definition) is 2. The molecule has 6 heteroatoms. The number of carbonyl (C=O) groups is 2. The number of nitrogens with one attached hydrogen (secondary N) is 2. The zero-order valence-corrected chi connectivity index (χ0v) is 16.6. The van der Waals surface area contributed by atoms with E-state index >= 15 is 0 Å². The molecule has 0 unspecified atom stereocenters. The van der Waals surface area contributed by atoms with E-state index in [1.54, 1.807) is 24.3 Å². The van der Waals surface area contributed by atoms with Crippen molar-refractivity contribution in [2.24, 2.45) is 5.92 Å². The summed E-state index contributed by atoms with van der Waals surface area (Å²) in [7, 11) is 0. The van der Waals surface area contributed by atoms with Gasteiger partial charge >= 0.3 is 0 Å². The summed E-state index contributed by atoms with van der Waals surface area (Å²) in [5, 5.41) is 5.68. The molecule has 1 aliphatic rings. The lowest BCUT2D eigenvalue weighted by Crippen LogP contribution is -2.27. The minimum atomic E-state index is -0.172. The summed E-state index contributed by atoms with van der Waals surface area (Å²) in [6.07, 6.45) is 2.79. The first-order valence-corrected chi connectivity index (χ1v) is 9.90. The molecule has 1 saturated carbocycles. The van der Waals surface area contributed by atoms with Crippen molar-refractivity contribution in [3.8, 4) is 0 Å². The first-order chi connectivity index (χ1) is 13.1. The summed E-state index contributed by atoms with van der Waals surface area (Å²) in [6, 6.07) is 14.6. The van der Waals surface area contributed by atoms with Crippen LogP contribution in [-0.2, 0) is 16.0 Å². The zero-order chi connectivity index (χ0) is 19.1. The van der Waals surface area contributed by atoms with E-state index in [0.29, 0.717) is 24.4 Å². The van der Waals surface area contributed by atoms with Crippen molar-refractivity contribution in [3.63, 3.8) is 0 Å². The van der Waals surface area contributed by atoms with Crippen LogP contribution in [0.3, 0.4) is 0 Å². The van der Waals surface area contributed by atoms with Gasteiger partial charge < -0.3 is 15.4 Å². The largest absolute Gasteiger partial charge is 0.379 e. The molecule has 0 aromatic heterocycles. The third-order valence-electron chi connectivity index (χ3n) is 4.27. The van der Waals surface area contributed by atoms with Gasteiger partial charge in [0.05, 0.1) is 13.0 Å². The van der Waals surface area contributed by atoms with E-state index in [0.717, 1.165) is 22.6 Å². The Morgan fingerprint density at radius 2 is 1.89 bits per heavy atom. The van der Waals surface area contributed by atoms with Crippen molar-refractivity contribution in [2.75, 3.05) is 25.1 Å². The van der Waals surface area contributed by atoms with E-state index in [1.807, 2.05) is 24.3 Å². The average molecular weight is 431 g/mol. The Labute approximate surface area is 167 Å². The van der Waals surface area contributed by atoms with Crippen LogP contribution >= 0.6 is 15.9 Å². The fourth-order valence-corrected chi connectivity index (χ4v) is 2.87. The van der Waals surface area contributed by atoms with Gasteiger partial charge in [-0.15, -0.1) is 0 Å². The molecule has 2 N–H and O–H groups in total. The smallest absolute Gasteiger partial charge is 0.251 e. The van der Waals surface area contributed by atoms with Gasteiger partial charge in [0.1, 0.15) is 0 Å². The summed E-state index contributed by atoms with van der Waals surface area (Å²) < 4.78 is 6.48. The van der Waals surface area contributed by atoms with Crippen LogP contribution in [0.5, 0.6) is 0 Å². The standard InChI is InChI=1S/C21H23BrN2O3/c22-18-8-6-15(7-9-18)12-20(25)24-19-3-1-2-17(13-19)21(26)23-10-11-27-14-16-4-5-16/h1-3,6-9,13,16H,4-5,10-12,14H2,(H,23,26)(H,24,25). The van der Waals surface area contributed by atoms with E-state index in [9.17, 15) is 9.59 Å². The molecule has 2 aromatic carbocycles. The Balaban J connectivity index is 1.46. The van der Waals surface area contributed by atoms with Crippen molar-refractivity contribution in [1.29, 1.82) is 0 Å². The SMILES string of the molecule is O=C(Cc1ccc(Br)cc1)Nc1cccc(C(=O)NCCOCC2CC2)c1. The van der Waals surface area contributed by atoms with Gasteiger partial charge in [0.15, 0.2) is 0 Å². The van der Waals surface area contributed by atoms with Crippen LogP contribution in [0.25, 0.3) is 0 Å². The van der Waals surface area contributed by atoms with Crippen molar-refractivity contribution in [2.45, 2.75) is 19.3 Å². The van der Waals surface area contributed by atoms with Crippen LogP contribution in [-0.4, -0.2) is 31.6 Å². The van der Waals surface area contributed by atoms with Gasteiger partial charge in [-0.3, -0.25) is 9.59 Å². The second kappa shape index (κ2) is 9.67. The molecular formula is C21H23BrN2O3. The normalized spacial score (nSPS) is 13.2. The predicted molar refractivity (Wildman–Crippen MR) is 109 cm³/mol. The second-order valence-corrected chi connectivity index (χ2v) is 7.62. The summed E-state index contributed by atoms with van der Waals surface area (Å²) in [4.78, 5) is 24.4. The lowest BCUT2D eigenvalue weighted by Gasteiger charge is -2.09. The van der Waals surface area contributed by atoms with Crippen LogP contribution in [0.1, 0.15) is 28.8 Å². The molecule has 2 aromatic rings. The van der Waals surface area contributed by atoms with Gasteiger partial charge in [0.2, 0.25) is 5.91 Å². The molecule has 27 heavy (non-hydrogen) atoms. The number of halogens is 1. The third-order valence-corrected chi connectivity index (χ3v) is 4.80. The second-order valence-electron chi connectivity index (χ2n) is 6.71. The Hall–Kier alpha value is -2.18. The molecule has 0 heterocycles. The first kappa shape index (κ1) is 19.6. The molecule has 0 bridgehead atoms. The fraction of sp³-hybridized carbons (Fsp3) is 0.333. The zero-order valence-electron chi connectivity index (χ0n) is 15.0. The topological polar surface area (TPSA) is 67.4 Å². The summed E-state index contributed by atoms with van der Waals surface area (Å²) >= 11 is 3.38. The lowest BCUT2D eigenvalue weighted by molar-refractivity contribution is -0.115. The molecule has 3 rings (SSSR count). The quantitative estimate of drug-likeness (QED) is 0.594. The minimum Gasteiger partial charge on any atom is -0.379 e. The van der Waals surface area contributed by atoms with E-state index in [-0.39, 0.29) is 18.2 Å². The van der Waals surface area contributed by atoms with Crippen LogP contribution in [0.4, 0.5) is 5.69 Å². The number of ether oxygens (including phenoxy) is 1. The number of amides is 2. The predicted octanol–water partition coefficient (Wildman–Crippen LogP) is 3.79. The molecule has 5 nitrogen and oxygen atoms in total. The third kappa shape index (κ3) is 6.81. The maximum atomic E-state index is 12.2. The number of hydrogen-bond acceptors (Lipinski definition) is 3. The molecule has 0 radical (unpaired) electrons.